The number of thioether (sulfide) groups is 1. The smallest absolute Gasteiger partial charge is 0.267 e. The first-order chi connectivity index (χ1) is 13.9. The lowest BCUT2D eigenvalue weighted by Crippen LogP contribution is -2.24. The lowest BCUT2D eigenvalue weighted by molar-refractivity contribution is -0.115. The van der Waals surface area contributed by atoms with Crippen molar-refractivity contribution in [2.45, 2.75) is 31.3 Å². The lowest BCUT2D eigenvalue weighted by atomic mass is 9.89. The van der Waals surface area contributed by atoms with Crippen LogP contribution >= 0.6 is 34.7 Å². The van der Waals surface area contributed by atoms with Crippen molar-refractivity contribution in [3.8, 4) is 11.4 Å². The SMILES string of the molecule is COc1ccc(Cl)cc1-n1c(SCC(N)=O)nc2sc3c(c2c1=O)CCC(C)C3. The minimum Gasteiger partial charge on any atom is -0.495 e. The number of halogens is 1. The molecule has 6 nitrogen and oxygen atoms in total. The van der Waals surface area contributed by atoms with Crippen LogP contribution in [0.1, 0.15) is 23.8 Å². The summed E-state index contributed by atoms with van der Waals surface area (Å²) in [6, 6.07) is 5.08. The van der Waals surface area contributed by atoms with E-state index in [1.807, 2.05) is 0 Å². The third-order valence-corrected chi connectivity index (χ3v) is 7.37. The van der Waals surface area contributed by atoms with Crippen LogP contribution in [-0.4, -0.2) is 28.3 Å². The number of benzene rings is 1. The second-order valence-electron chi connectivity index (χ2n) is 7.14. The van der Waals surface area contributed by atoms with Crippen molar-refractivity contribution in [1.82, 2.24) is 9.55 Å². The number of methoxy groups -OCH3 is 1. The molecule has 0 spiro atoms. The molecule has 2 aromatic heterocycles. The Bertz CT molecular complexity index is 1170. The Labute approximate surface area is 181 Å². The number of fused-ring (bicyclic) bond motifs is 3. The number of aromatic nitrogens is 2. The molecule has 1 aliphatic rings. The van der Waals surface area contributed by atoms with Crippen molar-refractivity contribution in [2.75, 3.05) is 12.9 Å². The first kappa shape index (κ1) is 20.3. The van der Waals surface area contributed by atoms with E-state index in [4.69, 9.17) is 27.1 Å². The van der Waals surface area contributed by atoms with Crippen molar-refractivity contribution in [3.05, 3.63) is 44.0 Å². The highest BCUT2D eigenvalue weighted by Crippen LogP contribution is 2.37. The number of nitrogens with zero attached hydrogens (tertiary/aromatic N) is 2. The molecule has 2 N–H and O–H groups in total. The Morgan fingerprint density at radius 1 is 1.48 bits per heavy atom. The molecule has 152 valence electrons. The number of thiophene rings is 1. The summed E-state index contributed by atoms with van der Waals surface area (Å²) in [5.41, 5.74) is 6.76. The molecule has 0 fully saturated rings. The number of amides is 1. The van der Waals surface area contributed by atoms with Crippen molar-refractivity contribution in [3.63, 3.8) is 0 Å². The molecule has 4 rings (SSSR count). The van der Waals surface area contributed by atoms with E-state index in [0.29, 0.717) is 37.8 Å². The van der Waals surface area contributed by atoms with Gasteiger partial charge in [0.25, 0.3) is 5.56 Å². The normalized spacial score (nSPS) is 16.0. The van der Waals surface area contributed by atoms with Crippen LogP contribution in [0, 0.1) is 5.92 Å². The number of rotatable bonds is 5. The van der Waals surface area contributed by atoms with E-state index < -0.39 is 5.91 Å². The van der Waals surface area contributed by atoms with Crippen molar-refractivity contribution < 1.29 is 9.53 Å². The molecule has 29 heavy (non-hydrogen) atoms. The lowest BCUT2D eigenvalue weighted by Gasteiger charge is -2.18. The number of carbonyl (C=O) groups excluding carboxylic acids is 1. The summed E-state index contributed by atoms with van der Waals surface area (Å²) < 4.78 is 6.96. The highest BCUT2D eigenvalue weighted by Gasteiger charge is 2.26. The van der Waals surface area contributed by atoms with Gasteiger partial charge in [-0.3, -0.25) is 14.2 Å². The van der Waals surface area contributed by atoms with Crippen molar-refractivity contribution in [1.29, 1.82) is 0 Å². The van der Waals surface area contributed by atoms with Gasteiger partial charge in [0.2, 0.25) is 5.91 Å². The van der Waals surface area contributed by atoms with E-state index in [1.165, 1.54) is 16.6 Å². The molecule has 1 aliphatic carbocycles. The topological polar surface area (TPSA) is 87.2 Å². The van der Waals surface area contributed by atoms with Crippen molar-refractivity contribution in [2.24, 2.45) is 11.7 Å². The molecule has 1 aromatic carbocycles. The van der Waals surface area contributed by atoms with E-state index in [2.05, 4.69) is 6.92 Å². The molecule has 0 bridgehead atoms. The molecule has 9 heteroatoms. The monoisotopic (exact) mass is 449 g/mol. The zero-order valence-corrected chi connectivity index (χ0v) is 18.4. The maximum atomic E-state index is 13.7. The van der Waals surface area contributed by atoms with Gasteiger partial charge in [-0.2, -0.15) is 0 Å². The average molecular weight is 450 g/mol. The predicted molar refractivity (Wildman–Crippen MR) is 118 cm³/mol. The number of primary amides is 1. The highest BCUT2D eigenvalue weighted by molar-refractivity contribution is 7.99. The van der Waals surface area contributed by atoms with Gasteiger partial charge < -0.3 is 10.5 Å². The molecule has 1 atom stereocenters. The van der Waals surface area contributed by atoms with Crippen LogP contribution < -0.4 is 16.0 Å². The molecule has 0 saturated heterocycles. The zero-order valence-electron chi connectivity index (χ0n) is 16.0. The molecule has 1 amide bonds. The minimum atomic E-state index is -0.478. The Morgan fingerprint density at radius 3 is 3.00 bits per heavy atom. The van der Waals surface area contributed by atoms with E-state index in [0.717, 1.165) is 36.6 Å². The van der Waals surface area contributed by atoms with E-state index in [1.54, 1.807) is 29.5 Å². The highest BCUT2D eigenvalue weighted by atomic mass is 35.5. The van der Waals surface area contributed by atoms with Crippen LogP contribution in [0.15, 0.2) is 28.2 Å². The largest absolute Gasteiger partial charge is 0.495 e. The summed E-state index contributed by atoms with van der Waals surface area (Å²) in [5.74, 6) is 0.627. The Morgan fingerprint density at radius 2 is 2.28 bits per heavy atom. The molecule has 0 saturated carbocycles. The van der Waals surface area contributed by atoms with Crippen molar-refractivity contribution >= 4 is 50.8 Å². The summed E-state index contributed by atoms with van der Waals surface area (Å²) in [6.45, 7) is 2.23. The van der Waals surface area contributed by atoms with Crippen LogP contribution in [0.5, 0.6) is 5.75 Å². The number of aryl methyl sites for hydroxylation is 1. The predicted octanol–water partition coefficient (Wildman–Crippen LogP) is 3.81. The van der Waals surface area contributed by atoms with Gasteiger partial charge in [0.05, 0.1) is 23.9 Å². The fourth-order valence-electron chi connectivity index (χ4n) is 3.65. The zero-order chi connectivity index (χ0) is 20.7. The van der Waals surface area contributed by atoms with E-state index in [-0.39, 0.29) is 11.3 Å². The molecule has 0 aliphatic heterocycles. The first-order valence-electron chi connectivity index (χ1n) is 9.21. The summed E-state index contributed by atoms with van der Waals surface area (Å²) in [4.78, 5) is 31.8. The molecular formula is C20H20ClN3O3S2. The molecule has 1 unspecified atom stereocenters. The standard InChI is InChI=1S/C20H20ClN3O3S2/c1-10-3-5-12-15(7-10)29-18-17(12)19(26)24(20(23-18)28-9-16(22)25)13-8-11(21)4-6-14(13)27-2/h4,6,8,10H,3,5,7,9H2,1-2H3,(H2,22,25). The van der Waals surface area contributed by atoms with E-state index >= 15 is 0 Å². The maximum absolute atomic E-state index is 13.7. The quantitative estimate of drug-likeness (QED) is 0.472. The Balaban J connectivity index is 2.02. The van der Waals surface area contributed by atoms with Crippen LogP contribution in [0.3, 0.4) is 0 Å². The molecule has 0 radical (unpaired) electrons. The number of nitrogens with two attached hydrogens (primary N) is 1. The average Bonchev–Trinajstić information content (AvgIpc) is 3.03. The second kappa shape index (κ2) is 8.01. The minimum absolute atomic E-state index is 0.0168. The number of ether oxygens (including phenoxy) is 1. The van der Waals surface area contributed by atoms with Crippen LogP contribution in [0.25, 0.3) is 15.9 Å². The fraction of sp³-hybridized carbons (Fsp3) is 0.350. The molecule has 3 aromatic rings. The van der Waals surface area contributed by atoms with Gasteiger partial charge >= 0.3 is 0 Å². The van der Waals surface area contributed by atoms with Crippen LogP contribution in [0.4, 0.5) is 0 Å². The van der Waals surface area contributed by atoms with E-state index in [9.17, 15) is 9.59 Å². The number of hydrogen-bond acceptors (Lipinski definition) is 6. The van der Waals surface area contributed by atoms with Gasteiger partial charge in [-0.1, -0.05) is 30.3 Å². The fourth-order valence-corrected chi connectivity index (χ4v) is 5.99. The summed E-state index contributed by atoms with van der Waals surface area (Å²) in [6.07, 6.45) is 2.88. The third-order valence-electron chi connectivity index (χ3n) is 5.02. The Kier molecular flexibility index (Phi) is 5.59. The first-order valence-corrected chi connectivity index (χ1v) is 11.4. The summed E-state index contributed by atoms with van der Waals surface area (Å²) >= 11 is 8.92. The molecular weight excluding hydrogens is 430 g/mol. The van der Waals surface area contributed by atoms with Crippen LogP contribution in [-0.2, 0) is 17.6 Å². The van der Waals surface area contributed by atoms with Gasteiger partial charge in [0, 0.05) is 9.90 Å². The van der Waals surface area contributed by atoms with Crippen LogP contribution in [0.2, 0.25) is 5.02 Å². The number of hydrogen-bond donors (Lipinski definition) is 1. The summed E-state index contributed by atoms with van der Waals surface area (Å²) in [5, 5.41) is 1.52. The van der Waals surface area contributed by atoms with Gasteiger partial charge in [-0.15, -0.1) is 11.3 Å². The maximum Gasteiger partial charge on any atom is 0.267 e. The Hall–Kier alpha value is -2.03. The molecule has 2 heterocycles. The third kappa shape index (κ3) is 3.76. The van der Waals surface area contributed by atoms with Gasteiger partial charge in [0.15, 0.2) is 5.16 Å². The van der Waals surface area contributed by atoms with Gasteiger partial charge in [-0.25, -0.2) is 4.98 Å². The summed E-state index contributed by atoms with van der Waals surface area (Å²) in [7, 11) is 1.54. The second-order valence-corrected chi connectivity index (χ2v) is 9.60. The van der Waals surface area contributed by atoms with Gasteiger partial charge in [0.1, 0.15) is 10.6 Å². The van der Waals surface area contributed by atoms with Gasteiger partial charge in [-0.05, 0) is 48.9 Å². The number of carbonyl (C=O) groups is 1.